The summed E-state index contributed by atoms with van der Waals surface area (Å²) < 4.78 is 42.3. The fourth-order valence-corrected chi connectivity index (χ4v) is 1.61. The molecule has 0 aliphatic carbocycles. The fraction of sp³-hybridized carbons (Fsp3) is 0.273. The molecule has 0 atom stereocenters. The van der Waals surface area contributed by atoms with E-state index in [-0.39, 0.29) is 5.58 Å². The van der Waals surface area contributed by atoms with E-state index in [0.717, 1.165) is 17.7 Å². The average molecular weight is 229 g/mol. The van der Waals surface area contributed by atoms with Gasteiger partial charge in [-0.15, -0.1) is 0 Å². The number of alkyl halides is 3. The van der Waals surface area contributed by atoms with Crippen LogP contribution in [0.2, 0.25) is 0 Å². The van der Waals surface area contributed by atoms with E-state index in [2.05, 4.69) is 0 Å². The molecule has 0 bridgehead atoms. The van der Waals surface area contributed by atoms with Gasteiger partial charge in [-0.1, -0.05) is 6.07 Å². The summed E-state index contributed by atoms with van der Waals surface area (Å²) in [5.74, 6) is 0. The quantitative estimate of drug-likeness (QED) is 0.859. The zero-order valence-electron chi connectivity index (χ0n) is 8.34. The van der Waals surface area contributed by atoms with Gasteiger partial charge in [-0.25, -0.2) is 0 Å². The topological polar surface area (TPSA) is 39.2 Å². The normalized spacial score (nSPS) is 12.2. The fourth-order valence-electron chi connectivity index (χ4n) is 1.61. The minimum atomic E-state index is -4.34. The first-order valence-electron chi connectivity index (χ1n) is 4.80. The van der Waals surface area contributed by atoms with Crippen molar-refractivity contribution in [3.8, 4) is 0 Å². The third kappa shape index (κ3) is 1.90. The number of hydrogen-bond donors (Lipinski definition) is 1. The van der Waals surface area contributed by atoms with Crippen molar-refractivity contribution in [3.05, 3.63) is 35.6 Å². The van der Waals surface area contributed by atoms with Crippen molar-refractivity contribution in [2.24, 2.45) is 5.73 Å². The Morgan fingerprint density at radius 3 is 2.62 bits per heavy atom. The molecule has 0 saturated carbocycles. The highest BCUT2D eigenvalue weighted by Crippen LogP contribution is 2.32. The summed E-state index contributed by atoms with van der Waals surface area (Å²) in [5.41, 5.74) is 5.78. The molecule has 2 N–H and O–H groups in total. The zero-order chi connectivity index (χ0) is 11.8. The number of rotatable bonds is 2. The number of hydrogen-bond acceptors (Lipinski definition) is 2. The van der Waals surface area contributed by atoms with Crippen molar-refractivity contribution < 1.29 is 17.6 Å². The lowest BCUT2D eigenvalue weighted by molar-refractivity contribution is -0.137. The van der Waals surface area contributed by atoms with E-state index >= 15 is 0 Å². The maximum atomic E-state index is 12.4. The Labute approximate surface area is 89.8 Å². The van der Waals surface area contributed by atoms with Crippen LogP contribution in [0, 0.1) is 0 Å². The molecule has 2 rings (SSSR count). The van der Waals surface area contributed by atoms with Gasteiger partial charge in [0, 0.05) is 5.39 Å². The van der Waals surface area contributed by atoms with Gasteiger partial charge in [0.05, 0.1) is 11.8 Å². The summed E-state index contributed by atoms with van der Waals surface area (Å²) in [4.78, 5) is 0. The van der Waals surface area contributed by atoms with Crippen LogP contribution in [0.15, 0.2) is 28.9 Å². The summed E-state index contributed by atoms with van der Waals surface area (Å²) in [6.45, 7) is 0.440. The van der Waals surface area contributed by atoms with E-state index < -0.39 is 11.7 Å². The molecule has 2 aromatic rings. The number of halogens is 3. The summed E-state index contributed by atoms with van der Waals surface area (Å²) in [6.07, 6.45) is -2.29. The first-order chi connectivity index (χ1) is 7.52. The highest BCUT2D eigenvalue weighted by Gasteiger charge is 2.30. The van der Waals surface area contributed by atoms with Crippen LogP contribution in [0.5, 0.6) is 0 Å². The van der Waals surface area contributed by atoms with Crippen molar-refractivity contribution in [1.82, 2.24) is 0 Å². The molecule has 0 fully saturated rings. The summed E-state index contributed by atoms with van der Waals surface area (Å²) in [7, 11) is 0. The van der Waals surface area contributed by atoms with Crippen LogP contribution in [0.4, 0.5) is 13.2 Å². The SMILES string of the molecule is NCCc1coc2cc(C(F)(F)F)ccc12. The van der Waals surface area contributed by atoms with E-state index in [9.17, 15) is 13.2 Å². The molecule has 0 radical (unpaired) electrons. The third-order valence-corrected chi connectivity index (χ3v) is 2.40. The van der Waals surface area contributed by atoms with E-state index in [1.54, 1.807) is 0 Å². The molecule has 1 heterocycles. The van der Waals surface area contributed by atoms with Gasteiger partial charge in [0.2, 0.25) is 0 Å². The second-order valence-electron chi connectivity index (χ2n) is 3.51. The molecule has 0 unspecified atom stereocenters. The second kappa shape index (κ2) is 3.83. The highest BCUT2D eigenvalue weighted by atomic mass is 19.4. The van der Waals surface area contributed by atoms with Crippen molar-refractivity contribution in [2.45, 2.75) is 12.6 Å². The lowest BCUT2D eigenvalue weighted by Gasteiger charge is -2.05. The Morgan fingerprint density at radius 2 is 2.00 bits per heavy atom. The van der Waals surface area contributed by atoms with E-state index in [4.69, 9.17) is 10.2 Å². The molecule has 1 aromatic carbocycles. The standard InChI is InChI=1S/C11H10F3NO/c12-11(13,14)8-1-2-9-7(3-4-15)6-16-10(9)5-8/h1-2,5-6H,3-4,15H2. The molecule has 0 amide bonds. The Balaban J connectivity index is 2.49. The van der Waals surface area contributed by atoms with Crippen LogP contribution in [0.3, 0.4) is 0 Å². The minimum Gasteiger partial charge on any atom is -0.464 e. The van der Waals surface area contributed by atoms with Crippen LogP contribution in [0.1, 0.15) is 11.1 Å². The Kier molecular flexibility index (Phi) is 2.63. The molecule has 2 nitrogen and oxygen atoms in total. The molecule has 16 heavy (non-hydrogen) atoms. The third-order valence-electron chi connectivity index (χ3n) is 2.40. The molecule has 0 aliphatic rings. The smallest absolute Gasteiger partial charge is 0.416 e. The largest absolute Gasteiger partial charge is 0.464 e. The van der Waals surface area contributed by atoms with Crippen LogP contribution >= 0.6 is 0 Å². The predicted molar refractivity (Wildman–Crippen MR) is 54.0 cm³/mol. The monoisotopic (exact) mass is 229 g/mol. The molecule has 0 saturated heterocycles. The Hall–Kier alpha value is -1.49. The predicted octanol–water partition coefficient (Wildman–Crippen LogP) is 2.95. The van der Waals surface area contributed by atoms with Crippen LogP contribution in [-0.2, 0) is 12.6 Å². The number of nitrogens with two attached hydrogens (primary N) is 1. The molecule has 86 valence electrons. The Bertz CT molecular complexity index is 501. The van der Waals surface area contributed by atoms with Gasteiger partial charge in [0.25, 0.3) is 0 Å². The van der Waals surface area contributed by atoms with Gasteiger partial charge in [-0.2, -0.15) is 13.2 Å². The van der Waals surface area contributed by atoms with Gasteiger partial charge in [0.1, 0.15) is 5.58 Å². The summed E-state index contributed by atoms with van der Waals surface area (Å²) >= 11 is 0. The number of furan rings is 1. The van der Waals surface area contributed by atoms with Gasteiger partial charge < -0.3 is 10.2 Å². The molecular formula is C11H10F3NO. The molecule has 0 aliphatic heterocycles. The second-order valence-corrected chi connectivity index (χ2v) is 3.51. The average Bonchev–Trinajstić information content (AvgIpc) is 2.60. The van der Waals surface area contributed by atoms with Gasteiger partial charge >= 0.3 is 6.18 Å². The number of fused-ring (bicyclic) bond motifs is 1. The first-order valence-corrected chi connectivity index (χ1v) is 4.80. The number of benzene rings is 1. The maximum Gasteiger partial charge on any atom is 0.416 e. The van der Waals surface area contributed by atoms with Crippen molar-refractivity contribution >= 4 is 11.0 Å². The summed E-state index contributed by atoms with van der Waals surface area (Å²) in [6, 6.07) is 3.49. The zero-order valence-corrected chi connectivity index (χ0v) is 8.34. The van der Waals surface area contributed by atoms with Crippen LogP contribution in [0.25, 0.3) is 11.0 Å². The van der Waals surface area contributed by atoms with Crippen molar-refractivity contribution in [2.75, 3.05) is 6.54 Å². The van der Waals surface area contributed by atoms with Crippen LogP contribution < -0.4 is 5.73 Å². The maximum absolute atomic E-state index is 12.4. The lowest BCUT2D eigenvalue weighted by Crippen LogP contribution is -2.04. The highest BCUT2D eigenvalue weighted by molar-refractivity contribution is 5.81. The van der Waals surface area contributed by atoms with Crippen molar-refractivity contribution in [3.63, 3.8) is 0 Å². The molecule has 5 heteroatoms. The van der Waals surface area contributed by atoms with E-state index in [1.807, 2.05) is 0 Å². The van der Waals surface area contributed by atoms with E-state index in [0.29, 0.717) is 18.4 Å². The van der Waals surface area contributed by atoms with Crippen LogP contribution in [-0.4, -0.2) is 6.54 Å². The molecular weight excluding hydrogens is 219 g/mol. The summed E-state index contributed by atoms with van der Waals surface area (Å²) in [5, 5.41) is 0.693. The van der Waals surface area contributed by atoms with Gasteiger partial charge in [0.15, 0.2) is 0 Å². The van der Waals surface area contributed by atoms with E-state index in [1.165, 1.54) is 12.3 Å². The lowest BCUT2D eigenvalue weighted by atomic mass is 10.1. The molecule has 1 aromatic heterocycles. The van der Waals surface area contributed by atoms with Gasteiger partial charge in [-0.3, -0.25) is 0 Å². The first kappa shape index (κ1) is 11.0. The minimum absolute atomic E-state index is 0.248. The van der Waals surface area contributed by atoms with Crippen molar-refractivity contribution in [1.29, 1.82) is 0 Å². The van der Waals surface area contributed by atoms with Gasteiger partial charge in [-0.05, 0) is 30.7 Å². The molecule has 0 spiro atoms. The Morgan fingerprint density at radius 1 is 1.25 bits per heavy atom.